The predicted octanol–water partition coefficient (Wildman–Crippen LogP) is 0.458. The SMILES string of the molecule is CS(=O)(=O)c1ccc(CNC(=O)CNC2CC2)cc1. The number of rotatable bonds is 6. The average Bonchev–Trinajstić information content (AvgIpc) is 3.17. The molecule has 0 spiro atoms. The van der Waals surface area contributed by atoms with Crippen LogP contribution >= 0.6 is 0 Å². The van der Waals surface area contributed by atoms with Crippen LogP contribution < -0.4 is 10.6 Å². The summed E-state index contributed by atoms with van der Waals surface area (Å²) in [6, 6.07) is 7.05. The first-order chi connectivity index (χ1) is 8.95. The Morgan fingerprint density at radius 2 is 1.89 bits per heavy atom. The lowest BCUT2D eigenvalue weighted by atomic mass is 10.2. The summed E-state index contributed by atoms with van der Waals surface area (Å²) in [5, 5.41) is 5.92. The molecule has 104 valence electrons. The molecule has 1 aromatic rings. The van der Waals surface area contributed by atoms with E-state index < -0.39 is 9.84 Å². The largest absolute Gasteiger partial charge is 0.351 e. The summed E-state index contributed by atoms with van der Waals surface area (Å²) in [6.45, 7) is 0.751. The molecule has 1 aliphatic carbocycles. The third-order valence-electron chi connectivity index (χ3n) is 2.97. The van der Waals surface area contributed by atoms with Gasteiger partial charge >= 0.3 is 0 Å². The smallest absolute Gasteiger partial charge is 0.234 e. The van der Waals surface area contributed by atoms with Gasteiger partial charge in [0.25, 0.3) is 0 Å². The summed E-state index contributed by atoms with van der Waals surface area (Å²) < 4.78 is 22.6. The van der Waals surface area contributed by atoms with Crippen LogP contribution in [0.15, 0.2) is 29.2 Å². The minimum absolute atomic E-state index is 0.0425. The highest BCUT2D eigenvalue weighted by Crippen LogP contribution is 2.17. The monoisotopic (exact) mass is 282 g/mol. The van der Waals surface area contributed by atoms with Crippen molar-refractivity contribution in [2.24, 2.45) is 0 Å². The van der Waals surface area contributed by atoms with Gasteiger partial charge in [0.1, 0.15) is 0 Å². The summed E-state index contributed by atoms with van der Waals surface area (Å²) in [5.74, 6) is -0.0425. The minimum Gasteiger partial charge on any atom is -0.351 e. The summed E-state index contributed by atoms with van der Waals surface area (Å²) in [4.78, 5) is 11.8. The first-order valence-corrected chi connectivity index (χ1v) is 8.13. The lowest BCUT2D eigenvalue weighted by Gasteiger charge is -2.06. The van der Waals surface area contributed by atoms with Crippen molar-refractivity contribution >= 4 is 15.7 Å². The number of hydrogen-bond acceptors (Lipinski definition) is 4. The molecule has 0 atom stereocenters. The highest BCUT2D eigenvalue weighted by atomic mass is 32.2. The van der Waals surface area contributed by atoms with Gasteiger partial charge in [0.15, 0.2) is 9.84 Å². The van der Waals surface area contributed by atoms with E-state index in [9.17, 15) is 13.2 Å². The number of sulfone groups is 1. The first-order valence-electron chi connectivity index (χ1n) is 6.24. The predicted molar refractivity (Wildman–Crippen MR) is 72.4 cm³/mol. The fourth-order valence-electron chi connectivity index (χ4n) is 1.64. The Morgan fingerprint density at radius 3 is 2.42 bits per heavy atom. The second-order valence-electron chi connectivity index (χ2n) is 4.85. The molecular formula is C13H18N2O3S. The minimum atomic E-state index is -3.16. The quantitative estimate of drug-likeness (QED) is 0.795. The summed E-state index contributed by atoms with van der Waals surface area (Å²) in [7, 11) is -3.16. The van der Waals surface area contributed by atoms with Crippen molar-refractivity contribution in [2.75, 3.05) is 12.8 Å². The molecule has 0 heterocycles. The van der Waals surface area contributed by atoms with Gasteiger partial charge in [0, 0.05) is 18.8 Å². The van der Waals surface area contributed by atoms with Crippen molar-refractivity contribution in [3.8, 4) is 0 Å². The summed E-state index contributed by atoms with van der Waals surface area (Å²) in [5.41, 5.74) is 0.882. The van der Waals surface area contributed by atoms with Gasteiger partial charge < -0.3 is 10.6 Å². The van der Waals surface area contributed by atoms with E-state index >= 15 is 0 Å². The van der Waals surface area contributed by atoms with Crippen LogP contribution in [0.25, 0.3) is 0 Å². The van der Waals surface area contributed by atoms with E-state index in [2.05, 4.69) is 10.6 Å². The van der Waals surface area contributed by atoms with Crippen molar-refractivity contribution in [2.45, 2.75) is 30.3 Å². The Kier molecular flexibility index (Phi) is 4.21. The number of carbonyl (C=O) groups is 1. The molecule has 1 saturated carbocycles. The van der Waals surface area contributed by atoms with Gasteiger partial charge in [-0.05, 0) is 30.5 Å². The second-order valence-corrected chi connectivity index (χ2v) is 6.86. The van der Waals surface area contributed by atoms with Crippen LogP contribution in [0.5, 0.6) is 0 Å². The number of nitrogens with one attached hydrogen (secondary N) is 2. The molecule has 6 heteroatoms. The highest BCUT2D eigenvalue weighted by Gasteiger charge is 2.20. The van der Waals surface area contributed by atoms with Gasteiger partial charge in [-0.15, -0.1) is 0 Å². The summed E-state index contributed by atoms with van der Waals surface area (Å²) >= 11 is 0. The zero-order chi connectivity index (χ0) is 13.9. The van der Waals surface area contributed by atoms with Crippen LogP contribution in [0.4, 0.5) is 0 Å². The van der Waals surface area contributed by atoms with Gasteiger partial charge in [-0.1, -0.05) is 12.1 Å². The van der Waals surface area contributed by atoms with Crippen LogP contribution in [0, 0.1) is 0 Å². The highest BCUT2D eigenvalue weighted by molar-refractivity contribution is 7.90. The van der Waals surface area contributed by atoms with E-state index in [1.165, 1.54) is 6.26 Å². The Balaban J connectivity index is 1.80. The Labute approximate surface area is 113 Å². The molecule has 0 aliphatic heterocycles. The van der Waals surface area contributed by atoms with Crippen molar-refractivity contribution in [3.05, 3.63) is 29.8 Å². The fourth-order valence-corrected chi connectivity index (χ4v) is 2.27. The number of hydrogen-bond donors (Lipinski definition) is 2. The van der Waals surface area contributed by atoms with Gasteiger partial charge in [-0.25, -0.2) is 8.42 Å². The third kappa shape index (κ3) is 4.65. The molecule has 19 heavy (non-hydrogen) atoms. The number of benzene rings is 1. The fraction of sp³-hybridized carbons (Fsp3) is 0.462. The molecule has 0 aromatic heterocycles. The maximum Gasteiger partial charge on any atom is 0.234 e. The Hall–Kier alpha value is -1.40. The maximum absolute atomic E-state index is 11.5. The zero-order valence-electron chi connectivity index (χ0n) is 10.8. The normalized spacial score (nSPS) is 15.2. The van der Waals surface area contributed by atoms with Crippen LogP contribution in [0.3, 0.4) is 0 Å². The van der Waals surface area contributed by atoms with E-state index in [0.717, 1.165) is 18.4 Å². The van der Waals surface area contributed by atoms with E-state index in [1.54, 1.807) is 24.3 Å². The van der Waals surface area contributed by atoms with Crippen molar-refractivity contribution in [3.63, 3.8) is 0 Å². The standard InChI is InChI=1S/C13H18N2O3S/c1-19(17,18)12-6-2-10(3-7-12)8-15-13(16)9-14-11-4-5-11/h2-3,6-7,11,14H,4-5,8-9H2,1H3,(H,15,16). The zero-order valence-corrected chi connectivity index (χ0v) is 11.7. The third-order valence-corrected chi connectivity index (χ3v) is 4.10. The molecule has 1 amide bonds. The molecule has 1 aliphatic rings. The Morgan fingerprint density at radius 1 is 1.26 bits per heavy atom. The summed E-state index contributed by atoms with van der Waals surface area (Å²) in [6.07, 6.45) is 3.48. The van der Waals surface area contributed by atoms with Gasteiger partial charge in [0.2, 0.25) is 5.91 Å². The number of carbonyl (C=O) groups excluding carboxylic acids is 1. The maximum atomic E-state index is 11.5. The molecule has 1 fully saturated rings. The molecule has 5 nitrogen and oxygen atoms in total. The molecule has 2 N–H and O–H groups in total. The molecule has 0 radical (unpaired) electrons. The molecule has 0 unspecified atom stereocenters. The van der Waals surface area contributed by atoms with Gasteiger partial charge in [-0.3, -0.25) is 4.79 Å². The van der Waals surface area contributed by atoms with E-state index in [-0.39, 0.29) is 10.8 Å². The average molecular weight is 282 g/mol. The van der Waals surface area contributed by atoms with E-state index in [1.807, 2.05) is 0 Å². The molecule has 0 saturated heterocycles. The van der Waals surface area contributed by atoms with Gasteiger partial charge in [-0.2, -0.15) is 0 Å². The van der Waals surface area contributed by atoms with Gasteiger partial charge in [0.05, 0.1) is 11.4 Å². The van der Waals surface area contributed by atoms with Crippen LogP contribution in [-0.4, -0.2) is 33.2 Å². The molecular weight excluding hydrogens is 264 g/mol. The number of amides is 1. The molecule has 0 bridgehead atoms. The second kappa shape index (κ2) is 5.71. The van der Waals surface area contributed by atoms with Crippen molar-refractivity contribution < 1.29 is 13.2 Å². The van der Waals surface area contributed by atoms with Crippen molar-refractivity contribution in [1.82, 2.24) is 10.6 Å². The van der Waals surface area contributed by atoms with Crippen LogP contribution in [0.2, 0.25) is 0 Å². The topological polar surface area (TPSA) is 75.3 Å². The first kappa shape index (κ1) is 14.0. The van der Waals surface area contributed by atoms with Crippen LogP contribution in [-0.2, 0) is 21.2 Å². The molecule has 2 rings (SSSR count). The van der Waals surface area contributed by atoms with E-state index in [0.29, 0.717) is 19.1 Å². The van der Waals surface area contributed by atoms with Crippen LogP contribution in [0.1, 0.15) is 18.4 Å². The van der Waals surface area contributed by atoms with E-state index in [4.69, 9.17) is 0 Å². The Bertz CT molecular complexity index is 548. The lowest BCUT2D eigenvalue weighted by Crippen LogP contribution is -2.34. The lowest BCUT2D eigenvalue weighted by molar-refractivity contribution is -0.120. The molecule has 1 aromatic carbocycles. The van der Waals surface area contributed by atoms with Crippen molar-refractivity contribution in [1.29, 1.82) is 0 Å².